The van der Waals surface area contributed by atoms with E-state index in [-0.39, 0.29) is 24.6 Å². The van der Waals surface area contributed by atoms with Crippen molar-refractivity contribution in [3.63, 3.8) is 0 Å². The number of ketones is 1. The first-order chi connectivity index (χ1) is 9.69. The van der Waals surface area contributed by atoms with Crippen molar-refractivity contribution in [1.82, 2.24) is 0 Å². The summed E-state index contributed by atoms with van der Waals surface area (Å²) in [5.41, 5.74) is 0.984. The van der Waals surface area contributed by atoms with Crippen LogP contribution in [0.3, 0.4) is 0 Å². The van der Waals surface area contributed by atoms with Crippen LogP contribution in [0.5, 0.6) is 0 Å². The topological polar surface area (TPSA) is 43.4 Å². The summed E-state index contributed by atoms with van der Waals surface area (Å²) in [6.07, 6.45) is 0.774. The summed E-state index contributed by atoms with van der Waals surface area (Å²) >= 11 is 0. The molecule has 20 heavy (non-hydrogen) atoms. The van der Waals surface area contributed by atoms with E-state index in [9.17, 15) is 9.59 Å². The molecule has 2 rings (SSSR count). The average Bonchev–Trinajstić information content (AvgIpc) is 2.45. The number of carbonyl (C=O) groups is 2. The van der Waals surface area contributed by atoms with Crippen molar-refractivity contribution in [3.05, 3.63) is 48.0 Å². The van der Waals surface area contributed by atoms with Crippen molar-refractivity contribution in [3.8, 4) is 0 Å². The molecular weight excluding hydrogens is 252 g/mol. The number of carbonyl (C=O) groups excluding carboxylic acids is 2. The third-order valence-electron chi connectivity index (χ3n) is 3.13. The summed E-state index contributed by atoms with van der Waals surface area (Å²) in [6.45, 7) is 2.12. The molecule has 0 N–H and O–H groups in total. The fourth-order valence-electron chi connectivity index (χ4n) is 2.14. The standard InChI is InChI=1S/C17H18O3/c1-2-20-17(19)10-9-16(18)12-13-7-8-14-5-3-4-6-15(14)11-13/h3-8,11H,2,9-10,12H2,1H3. The minimum atomic E-state index is -0.306. The monoisotopic (exact) mass is 270 g/mol. The van der Waals surface area contributed by atoms with Gasteiger partial charge in [0.25, 0.3) is 0 Å². The second-order valence-electron chi connectivity index (χ2n) is 4.70. The zero-order valence-electron chi connectivity index (χ0n) is 11.6. The number of benzene rings is 2. The number of hydrogen-bond acceptors (Lipinski definition) is 3. The van der Waals surface area contributed by atoms with Gasteiger partial charge >= 0.3 is 5.97 Å². The Morgan fingerprint density at radius 3 is 2.50 bits per heavy atom. The summed E-state index contributed by atoms with van der Waals surface area (Å²) in [5.74, 6) is -0.243. The quantitative estimate of drug-likeness (QED) is 0.756. The lowest BCUT2D eigenvalue weighted by atomic mass is 10.0. The molecule has 0 aliphatic rings. The molecule has 0 bridgehead atoms. The smallest absolute Gasteiger partial charge is 0.306 e. The van der Waals surface area contributed by atoms with Crippen molar-refractivity contribution in [2.75, 3.05) is 6.61 Å². The molecule has 0 unspecified atom stereocenters. The van der Waals surface area contributed by atoms with Gasteiger partial charge in [-0.05, 0) is 23.3 Å². The van der Waals surface area contributed by atoms with Gasteiger partial charge in [-0.25, -0.2) is 0 Å². The van der Waals surface area contributed by atoms with Gasteiger partial charge in [-0.2, -0.15) is 0 Å². The number of Topliss-reactive ketones (excluding diaryl/α,β-unsaturated/α-hetero) is 1. The average molecular weight is 270 g/mol. The Morgan fingerprint density at radius 2 is 1.75 bits per heavy atom. The van der Waals surface area contributed by atoms with Crippen molar-refractivity contribution in [2.45, 2.75) is 26.2 Å². The molecule has 3 heteroatoms. The van der Waals surface area contributed by atoms with Crippen molar-refractivity contribution < 1.29 is 14.3 Å². The fourth-order valence-corrected chi connectivity index (χ4v) is 2.14. The molecule has 3 nitrogen and oxygen atoms in total. The molecule has 0 saturated carbocycles. The molecule has 2 aromatic carbocycles. The van der Waals surface area contributed by atoms with E-state index < -0.39 is 0 Å². The summed E-state index contributed by atoms with van der Waals surface area (Å²) in [7, 11) is 0. The lowest BCUT2D eigenvalue weighted by Gasteiger charge is -2.04. The van der Waals surface area contributed by atoms with Crippen LogP contribution >= 0.6 is 0 Å². The zero-order chi connectivity index (χ0) is 14.4. The van der Waals surface area contributed by atoms with Crippen molar-refractivity contribution in [2.24, 2.45) is 0 Å². The predicted molar refractivity (Wildman–Crippen MR) is 78.5 cm³/mol. The molecule has 0 saturated heterocycles. The summed E-state index contributed by atoms with van der Waals surface area (Å²) in [5, 5.41) is 2.29. The first-order valence-electron chi connectivity index (χ1n) is 6.84. The molecule has 0 aliphatic carbocycles. The van der Waals surface area contributed by atoms with Crippen LogP contribution in [0.2, 0.25) is 0 Å². The van der Waals surface area contributed by atoms with Gasteiger partial charge < -0.3 is 4.74 Å². The zero-order valence-corrected chi connectivity index (χ0v) is 11.6. The fraction of sp³-hybridized carbons (Fsp3) is 0.294. The van der Waals surface area contributed by atoms with Gasteiger partial charge in [-0.1, -0.05) is 42.5 Å². The lowest BCUT2D eigenvalue weighted by Crippen LogP contribution is -2.09. The third kappa shape index (κ3) is 3.92. The van der Waals surface area contributed by atoms with Crippen LogP contribution < -0.4 is 0 Å². The van der Waals surface area contributed by atoms with Gasteiger partial charge in [-0.15, -0.1) is 0 Å². The van der Waals surface area contributed by atoms with Gasteiger partial charge in [0.15, 0.2) is 0 Å². The van der Waals surface area contributed by atoms with Crippen LogP contribution in [0.4, 0.5) is 0 Å². The first-order valence-corrected chi connectivity index (χ1v) is 6.84. The molecule has 0 aliphatic heterocycles. The summed E-state index contributed by atoms with van der Waals surface area (Å²) in [4.78, 5) is 23.0. The van der Waals surface area contributed by atoms with Crippen LogP contribution in [-0.2, 0) is 20.7 Å². The van der Waals surface area contributed by atoms with Gasteiger partial charge in [0.2, 0.25) is 0 Å². The van der Waals surface area contributed by atoms with E-state index >= 15 is 0 Å². The van der Waals surface area contributed by atoms with Gasteiger partial charge in [0, 0.05) is 12.8 Å². The number of esters is 1. The molecule has 0 heterocycles. The summed E-state index contributed by atoms with van der Waals surface area (Å²) < 4.78 is 4.81. The Morgan fingerprint density at radius 1 is 1.00 bits per heavy atom. The molecule has 0 atom stereocenters. The number of fused-ring (bicyclic) bond motifs is 1. The normalized spacial score (nSPS) is 10.4. The molecule has 104 valence electrons. The van der Waals surface area contributed by atoms with E-state index in [1.807, 2.05) is 42.5 Å². The number of hydrogen-bond donors (Lipinski definition) is 0. The molecule has 0 aromatic heterocycles. The van der Waals surface area contributed by atoms with Crippen LogP contribution in [0, 0.1) is 0 Å². The van der Waals surface area contributed by atoms with E-state index in [0.717, 1.165) is 16.3 Å². The summed E-state index contributed by atoms with van der Waals surface area (Å²) in [6, 6.07) is 14.1. The van der Waals surface area contributed by atoms with Crippen LogP contribution in [-0.4, -0.2) is 18.4 Å². The third-order valence-corrected chi connectivity index (χ3v) is 3.13. The van der Waals surface area contributed by atoms with E-state index in [1.165, 1.54) is 0 Å². The van der Waals surface area contributed by atoms with E-state index in [4.69, 9.17) is 4.74 Å². The van der Waals surface area contributed by atoms with Crippen LogP contribution in [0.15, 0.2) is 42.5 Å². The predicted octanol–water partition coefficient (Wildman–Crippen LogP) is 3.29. The van der Waals surface area contributed by atoms with E-state index in [0.29, 0.717) is 13.0 Å². The molecule has 2 aromatic rings. The van der Waals surface area contributed by atoms with Gasteiger partial charge in [0.1, 0.15) is 5.78 Å². The lowest BCUT2D eigenvalue weighted by molar-refractivity contribution is -0.144. The molecular formula is C17H18O3. The first kappa shape index (κ1) is 14.3. The maximum absolute atomic E-state index is 11.8. The van der Waals surface area contributed by atoms with Crippen LogP contribution in [0.25, 0.3) is 10.8 Å². The van der Waals surface area contributed by atoms with E-state index in [1.54, 1.807) is 6.92 Å². The number of rotatable bonds is 6. The van der Waals surface area contributed by atoms with Gasteiger partial charge in [0.05, 0.1) is 13.0 Å². The van der Waals surface area contributed by atoms with Crippen molar-refractivity contribution >= 4 is 22.5 Å². The second-order valence-corrected chi connectivity index (χ2v) is 4.70. The Bertz CT molecular complexity index is 616. The number of ether oxygens (including phenoxy) is 1. The largest absolute Gasteiger partial charge is 0.466 e. The van der Waals surface area contributed by atoms with E-state index in [2.05, 4.69) is 0 Å². The molecule has 0 radical (unpaired) electrons. The molecule has 0 spiro atoms. The maximum Gasteiger partial charge on any atom is 0.306 e. The Labute approximate surface area is 118 Å². The molecule has 0 fully saturated rings. The van der Waals surface area contributed by atoms with Crippen molar-refractivity contribution in [1.29, 1.82) is 0 Å². The Balaban J connectivity index is 1.94. The highest BCUT2D eigenvalue weighted by molar-refractivity contribution is 5.87. The minimum absolute atomic E-state index is 0.0633. The Hall–Kier alpha value is -2.16. The van der Waals surface area contributed by atoms with Gasteiger partial charge in [-0.3, -0.25) is 9.59 Å². The second kappa shape index (κ2) is 6.85. The highest BCUT2D eigenvalue weighted by atomic mass is 16.5. The highest BCUT2D eigenvalue weighted by Gasteiger charge is 2.08. The maximum atomic E-state index is 11.8. The Kier molecular flexibility index (Phi) is 4.88. The minimum Gasteiger partial charge on any atom is -0.466 e. The highest BCUT2D eigenvalue weighted by Crippen LogP contribution is 2.16. The SMILES string of the molecule is CCOC(=O)CCC(=O)Cc1ccc2ccccc2c1. The molecule has 0 amide bonds. The van der Waals surface area contributed by atoms with Crippen LogP contribution in [0.1, 0.15) is 25.3 Å².